The van der Waals surface area contributed by atoms with Crippen LogP contribution in [0.3, 0.4) is 0 Å². The molecule has 0 aliphatic carbocycles. The van der Waals surface area contributed by atoms with Crippen molar-refractivity contribution in [1.29, 1.82) is 0 Å². The SMILES string of the molecule is CCc1ccc(F)c(/C=N/C)c1. The second kappa shape index (κ2) is 4.00. The highest BCUT2D eigenvalue weighted by atomic mass is 19.1. The number of halogens is 1. The number of benzene rings is 1. The molecule has 0 spiro atoms. The van der Waals surface area contributed by atoms with Gasteiger partial charge in [-0.25, -0.2) is 4.39 Å². The van der Waals surface area contributed by atoms with Gasteiger partial charge in [-0.3, -0.25) is 4.99 Å². The molecule has 2 heteroatoms. The molecule has 0 radical (unpaired) electrons. The molecule has 0 aliphatic rings. The zero-order valence-electron chi connectivity index (χ0n) is 7.34. The Morgan fingerprint density at radius 3 is 2.83 bits per heavy atom. The van der Waals surface area contributed by atoms with Crippen molar-refractivity contribution in [2.45, 2.75) is 13.3 Å². The molecule has 1 aromatic rings. The van der Waals surface area contributed by atoms with E-state index in [9.17, 15) is 4.39 Å². The molecule has 0 N–H and O–H groups in total. The fraction of sp³-hybridized carbons (Fsp3) is 0.300. The fourth-order valence-corrected chi connectivity index (χ4v) is 1.05. The van der Waals surface area contributed by atoms with Crippen molar-refractivity contribution in [2.75, 3.05) is 7.05 Å². The van der Waals surface area contributed by atoms with E-state index in [1.807, 2.05) is 13.0 Å². The summed E-state index contributed by atoms with van der Waals surface area (Å²) in [5, 5.41) is 0. The van der Waals surface area contributed by atoms with Gasteiger partial charge in [0.15, 0.2) is 0 Å². The van der Waals surface area contributed by atoms with Crippen LogP contribution in [0.15, 0.2) is 23.2 Å². The maximum atomic E-state index is 13.0. The van der Waals surface area contributed by atoms with E-state index in [4.69, 9.17) is 0 Å². The second-order valence-electron chi connectivity index (χ2n) is 2.60. The number of aliphatic imine (C=N–C) groups is 1. The maximum Gasteiger partial charge on any atom is 0.131 e. The third-order valence-electron chi connectivity index (χ3n) is 1.74. The molecular formula is C10H12FN. The van der Waals surface area contributed by atoms with Gasteiger partial charge in [0, 0.05) is 18.8 Å². The zero-order valence-corrected chi connectivity index (χ0v) is 7.34. The molecule has 0 aromatic heterocycles. The van der Waals surface area contributed by atoms with Gasteiger partial charge in [0.2, 0.25) is 0 Å². The Kier molecular flexibility index (Phi) is 2.97. The number of hydrogen-bond donors (Lipinski definition) is 0. The monoisotopic (exact) mass is 165 g/mol. The standard InChI is InChI=1S/C10H12FN/c1-3-8-4-5-10(11)9(6-8)7-12-2/h4-7H,3H2,1-2H3/b12-7+. The predicted octanol–water partition coefficient (Wildman–Crippen LogP) is 2.44. The number of rotatable bonds is 2. The van der Waals surface area contributed by atoms with Crippen LogP contribution in [0.4, 0.5) is 4.39 Å². The van der Waals surface area contributed by atoms with Gasteiger partial charge in [-0.2, -0.15) is 0 Å². The molecule has 1 nitrogen and oxygen atoms in total. The molecular weight excluding hydrogens is 153 g/mol. The summed E-state index contributed by atoms with van der Waals surface area (Å²) in [4.78, 5) is 3.78. The van der Waals surface area contributed by atoms with E-state index >= 15 is 0 Å². The Morgan fingerprint density at radius 1 is 1.50 bits per heavy atom. The Balaban J connectivity index is 3.08. The van der Waals surface area contributed by atoms with Crippen LogP contribution in [-0.4, -0.2) is 13.3 Å². The average Bonchev–Trinajstić information content (AvgIpc) is 2.09. The predicted molar refractivity (Wildman–Crippen MR) is 49.3 cm³/mol. The molecule has 1 aromatic carbocycles. The topological polar surface area (TPSA) is 12.4 Å². The summed E-state index contributed by atoms with van der Waals surface area (Å²) >= 11 is 0. The summed E-state index contributed by atoms with van der Waals surface area (Å²) in [5.74, 6) is -0.210. The summed E-state index contributed by atoms with van der Waals surface area (Å²) in [6.07, 6.45) is 2.46. The lowest BCUT2D eigenvalue weighted by molar-refractivity contribution is 0.625. The largest absolute Gasteiger partial charge is 0.296 e. The summed E-state index contributed by atoms with van der Waals surface area (Å²) in [6, 6.07) is 5.10. The van der Waals surface area contributed by atoms with E-state index in [1.165, 1.54) is 12.3 Å². The van der Waals surface area contributed by atoms with Gasteiger partial charge in [0.05, 0.1) is 0 Å². The third-order valence-corrected chi connectivity index (χ3v) is 1.74. The number of hydrogen-bond acceptors (Lipinski definition) is 1. The third kappa shape index (κ3) is 1.91. The minimum Gasteiger partial charge on any atom is -0.296 e. The van der Waals surface area contributed by atoms with Crippen LogP contribution in [0.2, 0.25) is 0 Å². The first kappa shape index (κ1) is 8.91. The van der Waals surface area contributed by atoms with Gasteiger partial charge in [0.25, 0.3) is 0 Å². The van der Waals surface area contributed by atoms with E-state index in [0.29, 0.717) is 5.56 Å². The fourth-order valence-electron chi connectivity index (χ4n) is 1.05. The first-order valence-corrected chi connectivity index (χ1v) is 3.98. The van der Waals surface area contributed by atoms with E-state index in [0.717, 1.165) is 12.0 Å². The lowest BCUT2D eigenvalue weighted by Crippen LogP contribution is -1.90. The first-order valence-electron chi connectivity index (χ1n) is 3.98. The molecule has 0 amide bonds. The Labute approximate surface area is 72.0 Å². The van der Waals surface area contributed by atoms with E-state index in [1.54, 1.807) is 13.1 Å². The van der Waals surface area contributed by atoms with Gasteiger partial charge in [-0.1, -0.05) is 13.0 Å². The highest BCUT2D eigenvalue weighted by Crippen LogP contribution is 2.08. The van der Waals surface area contributed by atoms with E-state index < -0.39 is 0 Å². The van der Waals surface area contributed by atoms with Crippen LogP contribution >= 0.6 is 0 Å². The summed E-state index contributed by atoms with van der Waals surface area (Å²) < 4.78 is 13.0. The van der Waals surface area contributed by atoms with Gasteiger partial charge >= 0.3 is 0 Å². The highest BCUT2D eigenvalue weighted by Gasteiger charge is 1.98. The summed E-state index contributed by atoms with van der Waals surface area (Å²) in [6.45, 7) is 2.04. The normalized spacial score (nSPS) is 10.9. The van der Waals surface area contributed by atoms with Crippen LogP contribution in [0, 0.1) is 5.82 Å². The molecule has 12 heavy (non-hydrogen) atoms. The van der Waals surface area contributed by atoms with Gasteiger partial charge in [-0.05, 0) is 24.1 Å². The Bertz CT molecular complexity index is 292. The number of nitrogens with zero attached hydrogens (tertiary/aromatic N) is 1. The van der Waals surface area contributed by atoms with Crippen molar-refractivity contribution in [3.05, 3.63) is 35.1 Å². The molecule has 0 saturated carbocycles. The van der Waals surface area contributed by atoms with Gasteiger partial charge < -0.3 is 0 Å². The van der Waals surface area contributed by atoms with Crippen LogP contribution in [0.5, 0.6) is 0 Å². The van der Waals surface area contributed by atoms with Crippen molar-refractivity contribution in [3.8, 4) is 0 Å². The van der Waals surface area contributed by atoms with Crippen LogP contribution in [0.1, 0.15) is 18.1 Å². The summed E-state index contributed by atoms with van der Waals surface area (Å²) in [5.41, 5.74) is 1.70. The van der Waals surface area contributed by atoms with Gasteiger partial charge in [0.1, 0.15) is 5.82 Å². The molecule has 1 rings (SSSR count). The van der Waals surface area contributed by atoms with Crippen molar-refractivity contribution in [2.24, 2.45) is 4.99 Å². The molecule has 0 heterocycles. The molecule has 64 valence electrons. The lowest BCUT2D eigenvalue weighted by atomic mass is 10.1. The molecule has 0 unspecified atom stereocenters. The number of aryl methyl sites for hydroxylation is 1. The molecule has 0 fully saturated rings. The smallest absolute Gasteiger partial charge is 0.131 e. The maximum absolute atomic E-state index is 13.0. The summed E-state index contributed by atoms with van der Waals surface area (Å²) in [7, 11) is 1.64. The van der Waals surface area contributed by atoms with Crippen molar-refractivity contribution in [3.63, 3.8) is 0 Å². The van der Waals surface area contributed by atoms with E-state index in [-0.39, 0.29) is 5.82 Å². The van der Waals surface area contributed by atoms with Crippen LogP contribution in [0.25, 0.3) is 0 Å². The molecule has 0 saturated heterocycles. The molecule has 0 bridgehead atoms. The zero-order chi connectivity index (χ0) is 8.97. The average molecular weight is 165 g/mol. The Hall–Kier alpha value is -1.18. The highest BCUT2D eigenvalue weighted by molar-refractivity contribution is 5.80. The van der Waals surface area contributed by atoms with Crippen LogP contribution < -0.4 is 0 Å². The second-order valence-corrected chi connectivity index (χ2v) is 2.60. The quantitative estimate of drug-likeness (QED) is 0.597. The first-order chi connectivity index (χ1) is 5.77. The van der Waals surface area contributed by atoms with Crippen molar-refractivity contribution >= 4 is 6.21 Å². The lowest BCUT2D eigenvalue weighted by Gasteiger charge is -1.99. The van der Waals surface area contributed by atoms with Gasteiger partial charge in [-0.15, -0.1) is 0 Å². The minimum atomic E-state index is -0.210. The Morgan fingerprint density at radius 2 is 2.25 bits per heavy atom. The van der Waals surface area contributed by atoms with E-state index in [2.05, 4.69) is 4.99 Å². The van der Waals surface area contributed by atoms with Crippen LogP contribution in [-0.2, 0) is 6.42 Å². The molecule has 0 aliphatic heterocycles. The molecule has 0 atom stereocenters. The van der Waals surface area contributed by atoms with Crippen molar-refractivity contribution < 1.29 is 4.39 Å². The van der Waals surface area contributed by atoms with Crippen molar-refractivity contribution in [1.82, 2.24) is 0 Å². The minimum absolute atomic E-state index is 0.210.